The Labute approximate surface area is 88.9 Å². The van der Waals surface area contributed by atoms with Crippen molar-refractivity contribution in [1.29, 1.82) is 0 Å². The molecule has 0 fully saturated rings. The molecule has 1 aromatic rings. The average Bonchev–Trinajstić information content (AvgIpc) is 2.08. The highest BCUT2D eigenvalue weighted by molar-refractivity contribution is 9.10. The zero-order valence-electron chi connectivity index (χ0n) is 7.33. The van der Waals surface area contributed by atoms with Gasteiger partial charge in [-0.2, -0.15) is 0 Å². The highest BCUT2D eigenvalue weighted by Gasteiger charge is 1.94. The second-order valence-electron chi connectivity index (χ2n) is 2.67. The predicted octanol–water partition coefficient (Wildman–Crippen LogP) is 2.30. The molecule has 0 heterocycles. The van der Waals surface area contributed by atoms with Crippen LogP contribution in [0, 0.1) is 0 Å². The number of ether oxygens (including phenoxy) is 1. The summed E-state index contributed by atoms with van der Waals surface area (Å²) in [5.41, 5.74) is 1.09. The third-order valence-electron chi connectivity index (χ3n) is 1.43. The van der Waals surface area contributed by atoms with E-state index in [0.717, 1.165) is 10.0 Å². The fourth-order valence-corrected chi connectivity index (χ4v) is 1.44. The Kier molecular flexibility index (Phi) is 4.62. The van der Waals surface area contributed by atoms with E-state index in [1.165, 1.54) is 0 Å². The van der Waals surface area contributed by atoms with E-state index in [9.17, 15) is 4.21 Å². The first-order valence-corrected chi connectivity index (χ1v) is 6.33. The Balaban J connectivity index is 2.37. The molecule has 0 aromatic heterocycles. The molecule has 1 atom stereocenters. The molecule has 1 aromatic carbocycles. The van der Waals surface area contributed by atoms with Crippen LogP contribution in [0.2, 0.25) is 0 Å². The lowest BCUT2D eigenvalue weighted by atomic mass is 10.2. The quantitative estimate of drug-likeness (QED) is 0.833. The van der Waals surface area contributed by atoms with E-state index in [4.69, 9.17) is 4.74 Å². The fraction of sp³-hybridized carbons (Fsp3) is 0.333. The van der Waals surface area contributed by atoms with Gasteiger partial charge in [-0.1, -0.05) is 28.1 Å². The largest absolute Gasteiger partial charge is 0.364 e. The van der Waals surface area contributed by atoms with Crippen LogP contribution in [-0.4, -0.2) is 16.4 Å². The normalized spacial score (nSPS) is 12.8. The van der Waals surface area contributed by atoms with E-state index in [0.29, 0.717) is 12.5 Å². The summed E-state index contributed by atoms with van der Waals surface area (Å²) in [6.45, 7) is 0.521. The lowest BCUT2D eigenvalue weighted by molar-refractivity contribution is 0.166. The van der Waals surface area contributed by atoms with Crippen LogP contribution in [0.25, 0.3) is 0 Å². The number of halogens is 1. The summed E-state index contributed by atoms with van der Waals surface area (Å²) < 4.78 is 16.9. The van der Waals surface area contributed by atoms with Gasteiger partial charge >= 0.3 is 0 Å². The number of hydrogen-bond acceptors (Lipinski definition) is 2. The van der Waals surface area contributed by atoms with Gasteiger partial charge in [0.25, 0.3) is 0 Å². The van der Waals surface area contributed by atoms with Gasteiger partial charge in [-0.15, -0.1) is 0 Å². The van der Waals surface area contributed by atoms with E-state index in [1.54, 1.807) is 6.26 Å². The second kappa shape index (κ2) is 5.52. The van der Waals surface area contributed by atoms with Crippen molar-refractivity contribution in [3.8, 4) is 0 Å². The van der Waals surface area contributed by atoms with E-state index in [-0.39, 0.29) is 0 Å². The molecule has 0 bridgehead atoms. The number of benzene rings is 1. The Morgan fingerprint density at radius 3 is 2.54 bits per heavy atom. The maximum atomic E-state index is 10.7. The van der Waals surface area contributed by atoms with Gasteiger partial charge < -0.3 is 4.74 Å². The molecule has 0 amide bonds. The maximum absolute atomic E-state index is 10.7. The third-order valence-corrected chi connectivity index (χ3v) is 2.46. The molecule has 4 heteroatoms. The van der Waals surface area contributed by atoms with Gasteiger partial charge in [0.05, 0.1) is 6.61 Å². The summed E-state index contributed by atoms with van der Waals surface area (Å²) in [4.78, 5) is 0. The zero-order valence-corrected chi connectivity index (χ0v) is 9.73. The molecule has 0 radical (unpaired) electrons. The lowest BCUT2D eigenvalue weighted by Gasteiger charge is -2.01. The van der Waals surface area contributed by atoms with Crippen molar-refractivity contribution < 1.29 is 8.95 Å². The Bertz CT molecular complexity index is 284. The smallest absolute Gasteiger partial charge is 0.122 e. The van der Waals surface area contributed by atoms with Gasteiger partial charge in [0.1, 0.15) is 5.94 Å². The van der Waals surface area contributed by atoms with E-state index in [2.05, 4.69) is 15.9 Å². The molecule has 1 rings (SSSR count). The highest BCUT2D eigenvalue weighted by Crippen LogP contribution is 2.10. The lowest BCUT2D eigenvalue weighted by Crippen LogP contribution is -2.00. The second-order valence-corrected chi connectivity index (χ2v) is 4.96. The molecule has 2 nitrogen and oxygen atoms in total. The highest BCUT2D eigenvalue weighted by atomic mass is 79.9. The predicted molar refractivity (Wildman–Crippen MR) is 57.9 cm³/mol. The molecule has 1 unspecified atom stereocenters. The first-order chi connectivity index (χ1) is 6.18. The van der Waals surface area contributed by atoms with Crippen molar-refractivity contribution in [2.24, 2.45) is 0 Å². The minimum Gasteiger partial charge on any atom is -0.364 e. The van der Waals surface area contributed by atoms with Gasteiger partial charge in [0.15, 0.2) is 0 Å². The zero-order chi connectivity index (χ0) is 9.68. The van der Waals surface area contributed by atoms with Crippen molar-refractivity contribution in [1.82, 2.24) is 0 Å². The molecule has 0 aliphatic heterocycles. The van der Waals surface area contributed by atoms with Crippen molar-refractivity contribution in [2.75, 3.05) is 12.2 Å². The van der Waals surface area contributed by atoms with Crippen molar-refractivity contribution >= 4 is 26.7 Å². The summed E-state index contributed by atoms with van der Waals surface area (Å²) in [5, 5.41) is 0. The Hall–Kier alpha value is -0.190. The van der Waals surface area contributed by atoms with Gasteiger partial charge in [-0.05, 0) is 17.7 Å². The molecule has 13 heavy (non-hydrogen) atoms. The minimum absolute atomic E-state index is 0.302. The van der Waals surface area contributed by atoms with Gasteiger partial charge in [-0.3, -0.25) is 4.21 Å². The van der Waals surface area contributed by atoms with Crippen LogP contribution in [-0.2, 0) is 22.1 Å². The number of hydrogen-bond donors (Lipinski definition) is 0. The minimum atomic E-state index is -0.875. The Morgan fingerprint density at radius 2 is 2.00 bits per heavy atom. The van der Waals surface area contributed by atoms with Crippen molar-refractivity contribution in [2.45, 2.75) is 6.61 Å². The topological polar surface area (TPSA) is 26.3 Å². The summed E-state index contributed by atoms with van der Waals surface area (Å²) in [7, 11) is -0.875. The number of rotatable bonds is 4. The van der Waals surface area contributed by atoms with Crippen LogP contribution >= 0.6 is 15.9 Å². The van der Waals surface area contributed by atoms with Gasteiger partial charge in [-0.25, -0.2) is 0 Å². The summed E-state index contributed by atoms with van der Waals surface area (Å²) >= 11 is 3.35. The van der Waals surface area contributed by atoms with Crippen molar-refractivity contribution in [3.05, 3.63) is 34.3 Å². The van der Waals surface area contributed by atoms with Gasteiger partial charge in [0.2, 0.25) is 0 Å². The molecule has 0 aliphatic carbocycles. The van der Waals surface area contributed by atoms with Crippen LogP contribution in [0.5, 0.6) is 0 Å². The molecule has 0 spiro atoms. The molecule has 0 saturated carbocycles. The molecule has 0 N–H and O–H groups in total. The summed E-state index contributed by atoms with van der Waals surface area (Å²) in [6.07, 6.45) is 1.63. The van der Waals surface area contributed by atoms with Crippen molar-refractivity contribution in [3.63, 3.8) is 0 Å². The summed E-state index contributed by atoms with van der Waals surface area (Å²) in [5.74, 6) is 0.302. The van der Waals surface area contributed by atoms with E-state index >= 15 is 0 Å². The maximum Gasteiger partial charge on any atom is 0.122 e. The summed E-state index contributed by atoms with van der Waals surface area (Å²) in [6, 6.07) is 7.87. The molecule has 72 valence electrons. The molecule has 0 aliphatic rings. The molecule has 0 saturated heterocycles. The first-order valence-electron chi connectivity index (χ1n) is 3.80. The molecular weight excluding hydrogens is 252 g/mol. The SMILES string of the molecule is CS(=O)COCc1ccc(Br)cc1. The van der Waals surface area contributed by atoms with E-state index < -0.39 is 10.8 Å². The standard InChI is InChI=1S/C9H11BrO2S/c1-13(11)7-12-6-8-2-4-9(10)5-3-8/h2-5H,6-7H2,1H3. The van der Waals surface area contributed by atoms with Crippen LogP contribution < -0.4 is 0 Å². The average molecular weight is 263 g/mol. The molecular formula is C9H11BrO2S. The van der Waals surface area contributed by atoms with E-state index in [1.807, 2.05) is 24.3 Å². The first kappa shape index (κ1) is 10.9. The van der Waals surface area contributed by atoms with Crippen LogP contribution in [0.15, 0.2) is 28.7 Å². The van der Waals surface area contributed by atoms with Crippen LogP contribution in [0.3, 0.4) is 0 Å². The fourth-order valence-electron chi connectivity index (χ4n) is 0.858. The van der Waals surface area contributed by atoms with Gasteiger partial charge in [0, 0.05) is 21.5 Å². The monoisotopic (exact) mass is 262 g/mol. The third kappa shape index (κ3) is 4.55. The van der Waals surface area contributed by atoms with Crippen LogP contribution in [0.4, 0.5) is 0 Å². The van der Waals surface area contributed by atoms with Crippen LogP contribution in [0.1, 0.15) is 5.56 Å². The Morgan fingerprint density at radius 1 is 1.38 bits per heavy atom.